The van der Waals surface area contributed by atoms with Crippen molar-refractivity contribution in [3.8, 4) is 0 Å². The lowest BCUT2D eigenvalue weighted by molar-refractivity contribution is 0.112. The predicted octanol–water partition coefficient (Wildman–Crippen LogP) is 2.38. The topological polar surface area (TPSA) is 46.4 Å². The minimum atomic E-state index is 0.384. The van der Waals surface area contributed by atoms with Crippen molar-refractivity contribution in [1.82, 2.24) is 14.7 Å². The van der Waals surface area contributed by atoms with Crippen molar-refractivity contribution in [3.05, 3.63) is 34.3 Å². The summed E-state index contributed by atoms with van der Waals surface area (Å²) in [6, 6.07) is 3.90. The maximum atomic E-state index is 11.2. The van der Waals surface area contributed by atoms with Crippen molar-refractivity contribution in [1.29, 1.82) is 0 Å². The van der Waals surface area contributed by atoms with Crippen LogP contribution in [0.1, 0.15) is 35.1 Å². The highest BCUT2D eigenvalue weighted by Crippen LogP contribution is 2.28. The Balaban J connectivity index is 2.17. The first-order chi connectivity index (χ1) is 8.81. The number of rotatable bonds is 2. The van der Waals surface area contributed by atoms with Gasteiger partial charge in [-0.05, 0) is 47.4 Å². The number of piperidine rings is 1. The zero-order valence-corrected chi connectivity index (χ0v) is 11.5. The van der Waals surface area contributed by atoms with Crippen LogP contribution in [0.15, 0.2) is 22.8 Å². The number of fused-ring (bicyclic) bond motifs is 1. The third-order valence-electron chi connectivity index (χ3n) is 3.44. The smallest absolute Gasteiger partial charge is 0.170 e. The second-order valence-electron chi connectivity index (χ2n) is 4.59. The number of carbonyl (C=O) groups excluding carboxylic acids is 1. The summed E-state index contributed by atoms with van der Waals surface area (Å²) in [6.07, 6.45) is 5.09. The Morgan fingerprint density at radius 2 is 2.44 bits per heavy atom. The number of imidazole rings is 1. The first-order valence-corrected chi connectivity index (χ1v) is 6.93. The van der Waals surface area contributed by atoms with Gasteiger partial charge in [0.2, 0.25) is 0 Å². The number of pyridine rings is 1. The Morgan fingerprint density at radius 1 is 1.56 bits per heavy atom. The lowest BCUT2D eigenvalue weighted by Crippen LogP contribution is -2.29. The van der Waals surface area contributed by atoms with E-state index in [-0.39, 0.29) is 0 Å². The molecule has 0 amide bonds. The van der Waals surface area contributed by atoms with E-state index in [0.717, 1.165) is 48.0 Å². The molecule has 0 bridgehead atoms. The van der Waals surface area contributed by atoms with Crippen LogP contribution in [0.2, 0.25) is 0 Å². The van der Waals surface area contributed by atoms with E-state index in [1.165, 1.54) is 0 Å². The molecule has 2 aromatic rings. The third kappa shape index (κ3) is 1.87. The van der Waals surface area contributed by atoms with Gasteiger partial charge in [-0.1, -0.05) is 0 Å². The predicted molar refractivity (Wildman–Crippen MR) is 73.1 cm³/mol. The van der Waals surface area contributed by atoms with Crippen LogP contribution < -0.4 is 5.32 Å². The Kier molecular flexibility index (Phi) is 3.18. The van der Waals surface area contributed by atoms with Gasteiger partial charge in [0.1, 0.15) is 11.5 Å². The fraction of sp³-hybridized carbons (Fsp3) is 0.385. The number of aromatic nitrogens is 2. The van der Waals surface area contributed by atoms with Crippen LogP contribution in [0.3, 0.4) is 0 Å². The van der Waals surface area contributed by atoms with E-state index >= 15 is 0 Å². The minimum absolute atomic E-state index is 0.384. The molecule has 0 aliphatic carbocycles. The average Bonchev–Trinajstić information content (AvgIpc) is 2.80. The van der Waals surface area contributed by atoms with Gasteiger partial charge >= 0.3 is 0 Å². The first kappa shape index (κ1) is 11.9. The molecule has 1 saturated heterocycles. The van der Waals surface area contributed by atoms with Crippen molar-refractivity contribution < 1.29 is 4.79 Å². The molecular formula is C13H14BrN3O. The van der Waals surface area contributed by atoms with Crippen LogP contribution in [0, 0.1) is 0 Å². The summed E-state index contributed by atoms with van der Waals surface area (Å²) in [7, 11) is 0. The molecule has 3 rings (SSSR count). The molecule has 1 N–H and O–H groups in total. The molecule has 1 aliphatic rings. The summed E-state index contributed by atoms with van der Waals surface area (Å²) < 4.78 is 2.94. The molecule has 1 unspecified atom stereocenters. The van der Waals surface area contributed by atoms with E-state index in [2.05, 4.69) is 26.2 Å². The highest BCUT2D eigenvalue weighted by molar-refractivity contribution is 9.10. The summed E-state index contributed by atoms with van der Waals surface area (Å²) in [5.41, 5.74) is 1.39. The van der Waals surface area contributed by atoms with Crippen LogP contribution in [0.4, 0.5) is 0 Å². The van der Waals surface area contributed by atoms with E-state index in [4.69, 9.17) is 0 Å². The molecule has 2 aromatic heterocycles. The van der Waals surface area contributed by atoms with Gasteiger partial charge in [-0.2, -0.15) is 0 Å². The van der Waals surface area contributed by atoms with Crippen LogP contribution >= 0.6 is 15.9 Å². The van der Waals surface area contributed by atoms with Crippen molar-refractivity contribution in [2.75, 3.05) is 13.1 Å². The molecule has 1 aliphatic heterocycles. The molecule has 1 fully saturated rings. The van der Waals surface area contributed by atoms with Crippen molar-refractivity contribution in [3.63, 3.8) is 0 Å². The molecule has 4 nitrogen and oxygen atoms in total. The second-order valence-corrected chi connectivity index (χ2v) is 5.45. The van der Waals surface area contributed by atoms with Gasteiger partial charge < -0.3 is 9.72 Å². The molecule has 0 radical (unpaired) electrons. The largest absolute Gasteiger partial charge is 0.316 e. The van der Waals surface area contributed by atoms with E-state index in [9.17, 15) is 4.79 Å². The van der Waals surface area contributed by atoms with Crippen LogP contribution in [0.5, 0.6) is 0 Å². The Labute approximate surface area is 114 Å². The summed E-state index contributed by atoms with van der Waals surface area (Å²) >= 11 is 3.49. The molecule has 5 heteroatoms. The Bertz CT molecular complexity index is 587. The molecular weight excluding hydrogens is 294 g/mol. The molecule has 0 aromatic carbocycles. The number of hydrogen-bond acceptors (Lipinski definition) is 3. The van der Waals surface area contributed by atoms with E-state index < -0.39 is 0 Å². The first-order valence-electron chi connectivity index (χ1n) is 6.13. The van der Waals surface area contributed by atoms with Gasteiger partial charge in [-0.25, -0.2) is 4.98 Å². The zero-order chi connectivity index (χ0) is 12.5. The lowest BCUT2D eigenvalue weighted by atomic mass is 9.99. The summed E-state index contributed by atoms with van der Waals surface area (Å²) in [6.45, 7) is 2.01. The van der Waals surface area contributed by atoms with Gasteiger partial charge in [0, 0.05) is 23.1 Å². The SMILES string of the molecule is O=Cc1nc(C2CCCNC2)n2cccc(Br)c12. The minimum Gasteiger partial charge on any atom is -0.316 e. The number of carbonyl (C=O) groups is 1. The summed E-state index contributed by atoms with van der Waals surface area (Å²) in [4.78, 5) is 15.7. The number of nitrogens with zero attached hydrogens (tertiary/aromatic N) is 2. The van der Waals surface area contributed by atoms with Crippen LogP contribution in [-0.2, 0) is 0 Å². The quantitative estimate of drug-likeness (QED) is 0.867. The monoisotopic (exact) mass is 307 g/mol. The second kappa shape index (κ2) is 4.82. The zero-order valence-electron chi connectivity index (χ0n) is 9.90. The standard InChI is InChI=1S/C13H14BrN3O/c14-10-4-2-6-17-12(10)11(8-18)16-13(17)9-3-1-5-15-7-9/h2,4,6,8-9,15H,1,3,5,7H2. The maximum Gasteiger partial charge on any atom is 0.170 e. The van der Waals surface area contributed by atoms with Gasteiger partial charge in [0.15, 0.2) is 6.29 Å². The fourth-order valence-corrected chi connectivity index (χ4v) is 3.14. The van der Waals surface area contributed by atoms with Crippen molar-refractivity contribution >= 4 is 27.7 Å². The number of aldehydes is 1. The molecule has 1 atom stereocenters. The normalized spacial score (nSPS) is 20.2. The number of hydrogen-bond donors (Lipinski definition) is 1. The van der Waals surface area contributed by atoms with Gasteiger partial charge in [0.05, 0.1) is 5.52 Å². The molecule has 94 valence electrons. The van der Waals surface area contributed by atoms with Crippen molar-refractivity contribution in [2.24, 2.45) is 0 Å². The molecule has 0 spiro atoms. The van der Waals surface area contributed by atoms with E-state index in [1.54, 1.807) is 0 Å². The fourth-order valence-electron chi connectivity index (χ4n) is 2.59. The summed E-state index contributed by atoms with van der Waals surface area (Å²) in [5.74, 6) is 1.37. The van der Waals surface area contributed by atoms with E-state index in [0.29, 0.717) is 11.6 Å². The number of halogens is 1. The van der Waals surface area contributed by atoms with Gasteiger partial charge in [-0.15, -0.1) is 0 Å². The van der Waals surface area contributed by atoms with Gasteiger partial charge in [-0.3, -0.25) is 4.79 Å². The number of nitrogens with one attached hydrogen (secondary N) is 1. The van der Waals surface area contributed by atoms with Crippen LogP contribution in [-0.4, -0.2) is 28.8 Å². The highest BCUT2D eigenvalue weighted by Gasteiger charge is 2.22. The third-order valence-corrected chi connectivity index (χ3v) is 4.08. The average molecular weight is 308 g/mol. The Morgan fingerprint density at radius 3 is 3.17 bits per heavy atom. The van der Waals surface area contributed by atoms with Crippen LogP contribution in [0.25, 0.3) is 5.52 Å². The Hall–Kier alpha value is -1.20. The van der Waals surface area contributed by atoms with Gasteiger partial charge in [0.25, 0.3) is 0 Å². The maximum absolute atomic E-state index is 11.2. The highest BCUT2D eigenvalue weighted by atomic mass is 79.9. The molecule has 18 heavy (non-hydrogen) atoms. The molecule has 3 heterocycles. The van der Waals surface area contributed by atoms with E-state index in [1.807, 2.05) is 22.7 Å². The lowest BCUT2D eigenvalue weighted by Gasteiger charge is -2.21. The van der Waals surface area contributed by atoms with Crippen molar-refractivity contribution in [2.45, 2.75) is 18.8 Å². The summed E-state index contributed by atoms with van der Waals surface area (Å²) in [5, 5.41) is 3.39. The molecule has 0 saturated carbocycles.